The zero-order valence-electron chi connectivity index (χ0n) is 13.0. The molecular formula is C17H23N3. The molecule has 106 valence electrons. The van der Waals surface area contributed by atoms with Crippen molar-refractivity contribution in [1.82, 2.24) is 9.97 Å². The second-order valence-electron chi connectivity index (χ2n) is 6.29. The van der Waals surface area contributed by atoms with Crippen molar-refractivity contribution in [3.05, 3.63) is 46.9 Å². The Morgan fingerprint density at radius 2 is 1.55 bits per heavy atom. The molecule has 0 saturated heterocycles. The Morgan fingerprint density at radius 1 is 1.00 bits per heavy atom. The molecule has 0 fully saturated rings. The molecule has 0 aliphatic heterocycles. The topological polar surface area (TPSA) is 51.8 Å². The Balaban J connectivity index is 2.65. The van der Waals surface area contributed by atoms with Crippen molar-refractivity contribution in [2.45, 2.75) is 46.6 Å². The van der Waals surface area contributed by atoms with Crippen LogP contribution < -0.4 is 5.73 Å². The quantitative estimate of drug-likeness (QED) is 0.907. The fourth-order valence-corrected chi connectivity index (χ4v) is 2.50. The van der Waals surface area contributed by atoms with Gasteiger partial charge in [-0.25, -0.2) is 0 Å². The van der Waals surface area contributed by atoms with Crippen LogP contribution in [0.2, 0.25) is 0 Å². The minimum atomic E-state index is 0.146. The molecule has 0 aliphatic rings. The van der Waals surface area contributed by atoms with Crippen molar-refractivity contribution >= 4 is 0 Å². The van der Waals surface area contributed by atoms with Crippen molar-refractivity contribution in [3.63, 3.8) is 0 Å². The Hall–Kier alpha value is -1.74. The average molecular weight is 269 g/mol. The van der Waals surface area contributed by atoms with Gasteiger partial charge in [-0.1, -0.05) is 32.9 Å². The van der Waals surface area contributed by atoms with Crippen LogP contribution in [0.5, 0.6) is 0 Å². The molecule has 3 nitrogen and oxygen atoms in total. The van der Waals surface area contributed by atoms with E-state index < -0.39 is 0 Å². The standard InChI is InChI=1S/C17H23N3/c1-11-8-13(17(3,4)5)9-12(2)15(11)16-14(10-18)19-6-7-20-16/h6-9H,10,18H2,1-5H3. The molecule has 1 aromatic carbocycles. The molecule has 0 saturated carbocycles. The van der Waals surface area contributed by atoms with Gasteiger partial charge in [-0.3, -0.25) is 9.97 Å². The summed E-state index contributed by atoms with van der Waals surface area (Å²) in [5, 5.41) is 0. The molecule has 2 rings (SSSR count). The minimum absolute atomic E-state index is 0.146. The van der Waals surface area contributed by atoms with E-state index in [0.717, 1.165) is 17.0 Å². The van der Waals surface area contributed by atoms with E-state index in [9.17, 15) is 0 Å². The van der Waals surface area contributed by atoms with Crippen LogP contribution in [0.4, 0.5) is 0 Å². The number of nitrogens with two attached hydrogens (primary N) is 1. The van der Waals surface area contributed by atoms with Crippen molar-refractivity contribution in [1.29, 1.82) is 0 Å². The molecule has 0 spiro atoms. The Bertz CT molecular complexity index is 601. The third-order valence-corrected chi connectivity index (χ3v) is 3.60. The van der Waals surface area contributed by atoms with Gasteiger partial charge in [0.05, 0.1) is 11.4 Å². The highest BCUT2D eigenvalue weighted by atomic mass is 14.8. The maximum Gasteiger partial charge on any atom is 0.0935 e. The van der Waals surface area contributed by atoms with E-state index in [1.54, 1.807) is 12.4 Å². The lowest BCUT2D eigenvalue weighted by Crippen LogP contribution is -2.12. The Morgan fingerprint density at radius 3 is 2.05 bits per heavy atom. The highest BCUT2D eigenvalue weighted by Gasteiger charge is 2.18. The highest BCUT2D eigenvalue weighted by Crippen LogP contribution is 2.32. The summed E-state index contributed by atoms with van der Waals surface area (Å²) in [6.07, 6.45) is 3.42. The number of aromatic nitrogens is 2. The summed E-state index contributed by atoms with van der Waals surface area (Å²) in [7, 11) is 0. The van der Waals surface area contributed by atoms with E-state index in [-0.39, 0.29) is 5.41 Å². The zero-order chi connectivity index (χ0) is 14.9. The Kier molecular flexibility index (Phi) is 3.91. The fourth-order valence-electron chi connectivity index (χ4n) is 2.50. The van der Waals surface area contributed by atoms with Crippen LogP contribution in [0.3, 0.4) is 0 Å². The van der Waals surface area contributed by atoms with Crippen LogP contribution in [0, 0.1) is 13.8 Å². The second kappa shape index (κ2) is 5.33. The summed E-state index contributed by atoms with van der Waals surface area (Å²) in [4.78, 5) is 8.83. The lowest BCUT2D eigenvalue weighted by Gasteiger charge is -2.22. The molecular weight excluding hydrogens is 246 g/mol. The predicted molar refractivity (Wildman–Crippen MR) is 83.5 cm³/mol. The second-order valence-corrected chi connectivity index (χ2v) is 6.29. The van der Waals surface area contributed by atoms with Gasteiger partial charge in [0.25, 0.3) is 0 Å². The van der Waals surface area contributed by atoms with E-state index in [0.29, 0.717) is 6.54 Å². The van der Waals surface area contributed by atoms with Crippen LogP contribution in [-0.4, -0.2) is 9.97 Å². The molecule has 2 aromatic rings. The molecule has 0 aliphatic carbocycles. The number of rotatable bonds is 2. The maximum absolute atomic E-state index is 5.78. The average Bonchev–Trinajstić information content (AvgIpc) is 2.37. The van der Waals surface area contributed by atoms with E-state index in [1.807, 2.05) is 0 Å². The van der Waals surface area contributed by atoms with E-state index in [2.05, 4.69) is 56.7 Å². The third-order valence-electron chi connectivity index (χ3n) is 3.60. The van der Waals surface area contributed by atoms with Gasteiger partial charge in [-0.2, -0.15) is 0 Å². The molecule has 0 atom stereocenters. The first-order chi connectivity index (χ1) is 9.34. The normalized spacial score (nSPS) is 11.7. The number of nitrogens with zero attached hydrogens (tertiary/aromatic N) is 2. The number of hydrogen-bond donors (Lipinski definition) is 1. The van der Waals surface area contributed by atoms with Crippen molar-refractivity contribution < 1.29 is 0 Å². The molecule has 20 heavy (non-hydrogen) atoms. The lowest BCUT2D eigenvalue weighted by molar-refractivity contribution is 0.589. The fraction of sp³-hybridized carbons (Fsp3) is 0.412. The van der Waals surface area contributed by atoms with Gasteiger partial charge in [-0.05, 0) is 36.0 Å². The molecule has 0 bridgehead atoms. The van der Waals surface area contributed by atoms with E-state index in [1.165, 1.54) is 16.7 Å². The number of benzene rings is 1. The first kappa shape index (κ1) is 14.7. The number of hydrogen-bond acceptors (Lipinski definition) is 3. The largest absolute Gasteiger partial charge is 0.325 e. The summed E-state index contributed by atoms with van der Waals surface area (Å²) in [5.41, 5.74) is 12.6. The van der Waals surface area contributed by atoms with Crippen LogP contribution in [-0.2, 0) is 12.0 Å². The molecule has 0 unspecified atom stereocenters. The van der Waals surface area contributed by atoms with Gasteiger partial charge < -0.3 is 5.73 Å². The summed E-state index contributed by atoms with van der Waals surface area (Å²) in [6.45, 7) is 11.4. The van der Waals surface area contributed by atoms with Gasteiger partial charge >= 0.3 is 0 Å². The first-order valence-electron chi connectivity index (χ1n) is 6.96. The summed E-state index contributed by atoms with van der Waals surface area (Å²) in [6, 6.07) is 4.49. The zero-order valence-corrected chi connectivity index (χ0v) is 13.0. The van der Waals surface area contributed by atoms with Crippen molar-refractivity contribution in [2.75, 3.05) is 0 Å². The van der Waals surface area contributed by atoms with Gasteiger partial charge in [0.15, 0.2) is 0 Å². The SMILES string of the molecule is Cc1cc(C(C)(C)C)cc(C)c1-c1nccnc1CN. The van der Waals surface area contributed by atoms with Crippen LogP contribution in [0.15, 0.2) is 24.5 Å². The molecule has 3 heteroatoms. The van der Waals surface area contributed by atoms with Crippen molar-refractivity contribution in [2.24, 2.45) is 5.73 Å². The van der Waals surface area contributed by atoms with Crippen LogP contribution >= 0.6 is 0 Å². The maximum atomic E-state index is 5.78. The van der Waals surface area contributed by atoms with Crippen LogP contribution in [0.25, 0.3) is 11.3 Å². The predicted octanol–water partition coefficient (Wildman–Crippen LogP) is 3.52. The molecule has 1 aromatic heterocycles. The van der Waals surface area contributed by atoms with Crippen molar-refractivity contribution in [3.8, 4) is 11.3 Å². The van der Waals surface area contributed by atoms with E-state index in [4.69, 9.17) is 5.73 Å². The first-order valence-corrected chi connectivity index (χ1v) is 6.96. The molecule has 1 heterocycles. The molecule has 2 N–H and O–H groups in total. The Labute approximate surface area is 121 Å². The smallest absolute Gasteiger partial charge is 0.0935 e. The highest BCUT2D eigenvalue weighted by molar-refractivity contribution is 5.70. The summed E-state index contributed by atoms with van der Waals surface area (Å²) >= 11 is 0. The third kappa shape index (κ3) is 2.73. The summed E-state index contributed by atoms with van der Waals surface area (Å²) < 4.78 is 0. The minimum Gasteiger partial charge on any atom is -0.325 e. The van der Waals surface area contributed by atoms with Gasteiger partial charge in [0.1, 0.15) is 0 Å². The monoisotopic (exact) mass is 269 g/mol. The summed E-state index contributed by atoms with van der Waals surface area (Å²) in [5.74, 6) is 0. The van der Waals surface area contributed by atoms with E-state index >= 15 is 0 Å². The number of aryl methyl sites for hydroxylation is 2. The molecule has 0 radical (unpaired) electrons. The van der Waals surface area contributed by atoms with Gasteiger partial charge in [-0.15, -0.1) is 0 Å². The molecule has 0 amide bonds. The van der Waals surface area contributed by atoms with Gasteiger partial charge in [0.2, 0.25) is 0 Å². The lowest BCUT2D eigenvalue weighted by atomic mass is 9.83. The van der Waals surface area contributed by atoms with Crippen LogP contribution in [0.1, 0.15) is 43.2 Å². The van der Waals surface area contributed by atoms with Gasteiger partial charge in [0, 0.05) is 24.5 Å².